The molecule has 2 aromatic carbocycles. The van der Waals surface area contributed by atoms with Gasteiger partial charge in [-0.1, -0.05) is 39.0 Å². The second kappa shape index (κ2) is 8.13. The highest BCUT2D eigenvalue weighted by molar-refractivity contribution is 5.93. The van der Waals surface area contributed by atoms with Gasteiger partial charge in [-0.25, -0.2) is 0 Å². The number of para-hydroxylation sites is 1. The Hall–Kier alpha value is -2.69. The van der Waals surface area contributed by atoms with Gasteiger partial charge < -0.3 is 19.5 Å². The number of methoxy groups -OCH3 is 3. The highest BCUT2D eigenvalue weighted by Gasteiger charge is 2.19. The van der Waals surface area contributed by atoms with Crippen LogP contribution in [0.1, 0.15) is 31.9 Å². The fraction of sp³-hybridized carbons (Fsp3) is 0.381. The summed E-state index contributed by atoms with van der Waals surface area (Å²) >= 11 is 0. The van der Waals surface area contributed by atoms with Crippen molar-refractivity contribution < 1.29 is 19.0 Å². The number of anilines is 1. The zero-order valence-corrected chi connectivity index (χ0v) is 16.3. The van der Waals surface area contributed by atoms with E-state index in [1.165, 1.54) is 0 Å². The third-order valence-corrected chi connectivity index (χ3v) is 4.10. The van der Waals surface area contributed by atoms with E-state index in [-0.39, 0.29) is 17.7 Å². The fourth-order valence-electron chi connectivity index (χ4n) is 2.86. The summed E-state index contributed by atoms with van der Waals surface area (Å²) in [7, 11) is 4.66. The summed E-state index contributed by atoms with van der Waals surface area (Å²) in [4.78, 5) is 12.6. The van der Waals surface area contributed by atoms with Gasteiger partial charge in [-0.3, -0.25) is 4.79 Å². The number of hydrogen-bond acceptors (Lipinski definition) is 4. The molecule has 0 saturated carbocycles. The summed E-state index contributed by atoms with van der Waals surface area (Å²) in [6.45, 7) is 6.37. The average molecular weight is 357 g/mol. The number of carbonyl (C=O) groups excluding carboxylic acids is 1. The third-order valence-electron chi connectivity index (χ3n) is 4.10. The molecule has 5 nitrogen and oxygen atoms in total. The van der Waals surface area contributed by atoms with E-state index < -0.39 is 0 Å². The molecule has 5 heteroatoms. The maximum Gasteiger partial charge on any atom is 0.228 e. The van der Waals surface area contributed by atoms with Crippen molar-refractivity contribution >= 4 is 11.6 Å². The summed E-state index contributed by atoms with van der Waals surface area (Å²) in [6, 6.07) is 11.4. The molecule has 26 heavy (non-hydrogen) atoms. The molecule has 0 atom stereocenters. The molecule has 2 rings (SSSR count). The van der Waals surface area contributed by atoms with Crippen molar-refractivity contribution in [1.29, 1.82) is 0 Å². The van der Waals surface area contributed by atoms with Gasteiger partial charge in [0.2, 0.25) is 11.7 Å². The molecule has 0 unspecified atom stereocenters. The number of nitrogens with one attached hydrogen (secondary N) is 1. The Morgan fingerprint density at radius 3 is 2.04 bits per heavy atom. The van der Waals surface area contributed by atoms with Crippen LogP contribution in [0, 0.1) is 0 Å². The minimum atomic E-state index is -0.101. The molecular weight excluding hydrogens is 330 g/mol. The number of carbonyl (C=O) groups is 1. The van der Waals surface area contributed by atoms with Crippen LogP contribution in [-0.2, 0) is 16.6 Å². The van der Waals surface area contributed by atoms with Crippen LogP contribution < -0.4 is 19.5 Å². The van der Waals surface area contributed by atoms with Crippen molar-refractivity contribution in [1.82, 2.24) is 0 Å². The Balaban J connectivity index is 2.24. The molecule has 0 aromatic heterocycles. The van der Waals surface area contributed by atoms with E-state index in [9.17, 15) is 4.79 Å². The van der Waals surface area contributed by atoms with E-state index in [1.54, 1.807) is 33.5 Å². The van der Waals surface area contributed by atoms with E-state index >= 15 is 0 Å². The van der Waals surface area contributed by atoms with Crippen LogP contribution in [-0.4, -0.2) is 27.2 Å². The van der Waals surface area contributed by atoms with E-state index in [2.05, 4.69) is 26.1 Å². The van der Waals surface area contributed by atoms with E-state index in [4.69, 9.17) is 14.2 Å². The van der Waals surface area contributed by atoms with E-state index in [0.717, 1.165) is 16.8 Å². The Kier molecular flexibility index (Phi) is 6.14. The first-order valence-electron chi connectivity index (χ1n) is 8.48. The molecule has 2 aromatic rings. The van der Waals surface area contributed by atoms with E-state index in [0.29, 0.717) is 17.2 Å². The van der Waals surface area contributed by atoms with Crippen LogP contribution in [0.5, 0.6) is 17.2 Å². The van der Waals surface area contributed by atoms with Crippen LogP contribution in [0.4, 0.5) is 5.69 Å². The predicted molar refractivity (Wildman–Crippen MR) is 104 cm³/mol. The van der Waals surface area contributed by atoms with Crippen molar-refractivity contribution in [3.8, 4) is 17.2 Å². The Bertz CT molecular complexity index is 753. The highest BCUT2D eigenvalue weighted by Crippen LogP contribution is 2.38. The molecule has 0 fully saturated rings. The Morgan fingerprint density at radius 1 is 0.962 bits per heavy atom. The van der Waals surface area contributed by atoms with Gasteiger partial charge >= 0.3 is 0 Å². The highest BCUT2D eigenvalue weighted by atomic mass is 16.5. The molecule has 1 N–H and O–H groups in total. The molecule has 1 amide bonds. The summed E-state index contributed by atoms with van der Waals surface area (Å²) in [5, 5.41) is 3.02. The minimum absolute atomic E-state index is 0.0591. The lowest BCUT2D eigenvalue weighted by molar-refractivity contribution is -0.115. The monoisotopic (exact) mass is 357 g/mol. The molecule has 0 saturated heterocycles. The van der Waals surface area contributed by atoms with E-state index in [1.807, 2.05) is 24.3 Å². The van der Waals surface area contributed by atoms with Gasteiger partial charge in [0.15, 0.2) is 11.5 Å². The van der Waals surface area contributed by atoms with Gasteiger partial charge in [0.25, 0.3) is 0 Å². The summed E-state index contributed by atoms with van der Waals surface area (Å²) in [5.74, 6) is 1.47. The van der Waals surface area contributed by atoms with Crippen LogP contribution in [0.15, 0.2) is 36.4 Å². The van der Waals surface area contributed by atoms with Gasteiger partial charge in [-0.2, -0.15) is 0 Å². The third kappa shape index (κ3) is 4.48. The summed E-state index contributed by atoms with van der Waals surface area (Å²) in [5.41, 5.74) is 2.65. The minimum Gasteiger partial charge on any atom is -0.493 e. The second-order valence-corrected chi connectivity index (χ2v) is 7.05. The number of benzene rings is 2. The van der Waals surface area contributed by atoms with Gasteiger partial charge in [0, 0.05) is 5.69 Å². The normalized spacial score (nSPS) is 11.0. The molecule has 0 aliphatic rings. The number of rotatable bonds is 6. The lowest BCUT2D eigenvalue weighted by atomic mass is 9.86. The summed E-state index contributed by atoms with van der Waals surface area (Å²) < 4.78 is 16.0. The van der Waals surface area contributed by atoms with Crippen LogP contribution >= 0.6 is 0 Å². The lowest BCUT2D eigenvalue weighted by Gasteiger charge is -2.23. The van der Waals surface area contributed by atoms with Crippen LogP contribution in [0.3, 0.4) is 0 Å². The standard InChI is InChI=1S/C21H27NO4/c1-21(2,3)15-9-7-8-10-16(15)22-19(23)13-14-11-17(24-4)20(26-6)18(12-14)25-5/h7-12H,13H2,1-6H3,(H,22,23). The van der Waals surface area contributed by atoms with Crippen molar-refractivity contribution in [2.24, 2.45) is 0 Å². The fourth-order valence-corrected chi connectivity index (χ4v) is 2.86. The van der Waals surface area contributed by atoms with Gasteiger partial charge in [0.1, 0.15) is 0 Å². The van der Waals surface area contributed by atoms with Crippen LogP contribution in [0.25, 0.3) is 0 Å². The zero-order valence-electron chi connectivity index (χ0n) is 16.3. The maximum atomic E-state index is 12.6. The molecule has 140 valence electrons. The van der Waals surface area contributed by atoms with Crippen molar-refractivity contribution in [2.75, 3.05) is 26.6 Å². The Morgan fingerprint density at radius 2 is 1.54 bits per heavy atom. The molecule has 0 aliphatic carbocycles. The van der Waals surface area contributed by atoms with Crippen molar-refractivity contribution in [3.05, 3.63) is 47.5 Å². The first-order chi connectivity index (χ1) is 12.3. The SMILES string of the molecule is COc1cc(CC(=O)Nc2ccccc2C(C)(C)C)cc(OC)c1OC. The number of hydrogen-bond donors (Lipinski definition) is 1. The quantitative estimate of drug-likeness (QED) is 0.842. The number of ether oxygens (including phenoxy) is 3. The van der Waals surface area contributed by atoms with Gasteiger partial charge in [-0.05, 0) is 34.7 Å². The first kappa shape index (κ1) is 19.6. The molecule has 0 aliphatic heterocycles. The lowest BCUT2D eigenvalue weighted by Crippen LogP contribution is -2.20. The Labute approximate surface area is 155 Å². The van der Waals surface area contributed by atoms with Crippen molar-refractivity contribution in [2.45, 2.75) is 32.6 Å². The first-order valence-corrected chi connectivity index (χ1v) is 8.48. The smallest absolute Gasteiger partial charge is 0.228 e. The van der Waals surface area contributed by atoms with Gasteiger partial charge in [-0.15, -0.1) is 0 Å². The summed E-state index contributed by atoms with van der Waals surface area (Å²) in [6.07, 6.45) is 0.204. The van der Waals surface area contributed by atoms with Crippen LogP contribution in [0.2, 0.25) is 0 Å². The maximum absolute atomic E-state index is 12.6. The second-order valence-electron chi connectivity index (χ2n) is 7.05. The number of amides is 1. The van der Waals surface area contributed by atoms with Crippen molar-refractivity contribution in [3.63, 3.8) is 0 Å². The molecular formula is C21H27NO4. The molecule has 0 radical (unpaired) electrons. The molecule has 0 heterocycles. The largest absolute Gasteiger partial charge is 0.493 e. The topological polar surface area (TPSA) is 56.8 Å². The predicted octanol–water partition coefficient (Wildman–Crippen LogP) is 4.19. The van der Waals surface area contributed by atoms with Gasteiger partial charge in [0.05, 0.1) is 27.8 Å². The zero-order chi connectivity index (χ0) is 19.3. The molecule has 0 spiro atoms. The molecule has 0 bridgehead atoms. The average Bonchev–Trinajstić information content (AvgIpc) is 2.60.